The molecule has 5 rings (SSSR count). The molecule has 0 spiro atoms. The first-order chi connectivity index (χ1) is 21.8. The summed E-state index contributed by atoms with van der Waals surface area (Å²) in [4.78, 5) is 37.2. The molecule has 0 radical (unpaired) electrons. The molecule has 0 aliphatic heterocycles. The number of primary sulfonamides is 1. The number of hydrogen-bond donors (Lipinski definition) is 2. The number of benzene rings is 3. The number of anilines is 5. The van der Waals surface area contributed by atoms with Gasteiger partial charge in [-0.25, -0.2) is 28.2 Å². The van der Waals surface area contributed by atoms with Crippen LogP contribution >= 0.6 is 8.58 Å². The van der Waals surface area contributed by atoms with Crippen molar-refractivity contribution in [3.63, 3.8) is 0 Å². The third kappa shape index (κ3) is 6.99. The Morgan fingerprint density at radius 1 is 1.02 bits per heavy atom. The predicted molar refractivity (Wildman–Crippen MR) is 180 cm³/mol. The second kappa shape index (κ2) is 13.2. The molecular weight excluding hydrogens is 627 g/mol. The van der Waals surface area contributed by atoms with Crippen molar-refractivity contribution in [2.45, 2.75) is 25.3 Å². The van der Waals surface area contributed by atoms with Gasteiger partial charge in [0.25, 0.3) is 0 Å². The fourth-order valence-electron chi connectivity index (χ4n) is 4.72. The fourth-order valence-corrected chi connectivity index (χ4v) is 5.79. The van der Waals surface area contributed by atoms with Gasteiger partial charge in [0.05, 0.1) is 16.1 Å². The number of aromatic nitrogens is 4. The van der Waals surface area contributed by atoms with Crippen LogP contribution in [0, 0.1) is 13.8 Å². The molecule has 5 aromatic rings. The highest BCUT2D eigenvalue weighted by atomic mass is 32.2. The van der Waals surface area contributed by atoms with Gasteiger partial charge in [-0.05, 0) is 88.8 Å². The van der Waals surface area contributed by atoms with E-state index in [1.807, 2.05) is 48.8 Å². The lowest BCUT2D eigenvalue weighted by Gasteiger charge is -2.24. The smallest absolute Gasteiger partial charge is 0.421 e. The van der Waals surface area contributed by atoms with Crippen molar-refractivity contribution >= 4 is 70.1 Å². The average molecular weight is 661 g/mol. The number of nitrogens with two attached hydrogens (primary N) is 1. The fraction of sp³-hybridized carbons (Fsp3) is 0.194. The first kappa shape index (κ1) is 32.5. The lowest BCUT2D eigenvalue weighted by molar-refractivity contribution is 0.149. The molecule has 3 aromatic carbocycles. The van der Waals surface area contributed by atoms with Crippen molar-refractivity contribution in [2.75, 3.05) is 28.8 Å². The van der Waals surface area contributed by atoms with Crippen LogP contribution in [0.25, 0.3) is 10.9 Å². The number of fused-ring (bicyclic) bond motifs is 1. The summed E-state index contributed by atoms with van der Waals surface area (Å²) >= 11 is 0. The average Bonchev–Trinajstić information content (AvgIpc) is 3.32. The maximum Gasteiger partial charge on any atom is 0.421 e. The van der Waals surface area contributed by atoms with E-state index in [0.29, 0.717) is 22.6 Å². The first-order valence-corrected chi connectivity index (χ1v) is 17.1. The molecule has 3 N–H and O–H groups in total. The highest BCUT2D eigenvalue weighted by molar-refractivity contribution is 7.89. The summed E-state index contributed by atoms with van der Waals surface area (Å²) < 4.78 is 32.2. The number of sulfonamides is 1. The third-order valence-corrected chi connectivity index (χ3v) is 9.03. The van der Waals surface area contributed by atoms with Crippen molar-refractivity contribution in [3.05, 3.63) is 89.7 Å². The molecule has 15 heteroatoms. The van der Waals surface area contributed by atoms with E-state index in [2.05, 4.69) is 20.4 Å². The molecular formula is C31H33N8O5PS. The highest BCUT2D eigenvalue weighted by Crippen LogP contribution is 2.31. The molecule has 1 atom stereocenters. The van der Waals surface area contributed by atoms with E-state index in [0.717, 1.165) is 27.2 Å². The van der Waals surface area contributed by atoms with Gasteiger partial charge in [0.15, 0.2) is 0 Å². The van der Waals surface area contributed by atoms with E-state index < -0.39 is 16.1 Å². The Kier molecular flexibility index (Phi) is 9.33. The van der Waals surface area contributed by atoms with E-state index >= 15 is 0 Å². The van der Waals surface area contributed by atoms with Crippen molar-refractivity contribution < 1.29 is 22.7 Å². The van der Waals surface area contributed by atoms with Crippen molar-refractivity contribution in [2.24, 2.45) is 12.2 Å². The van der Waals surface area contributed by atoms with Crippen molar-refractivity contribution in [1.29, 1.82) is 0 Å². The Bertz CT molecular complexity index is 2050. The standard InChI is InChI=1S/C31H33N8O5PS/c1-19-6-11-24(17-27(19)46(32,42)43)39(31(41)44-18-21-7-9-22(10-8-21)34-30(40)45-5)29-33-15-14-28(35-29)37(3)23-12-13-25-20(2)38(4)36-26(25)16-23/h6-17,45H,18H2,1-5H3,(H,34,40)(H2,32,42,43). The molecule has 13 nitrogen and oxygen atoms in total. The van der Waals surface area contributed by atoms with Crippen LogP contribution in [-0.4, -0.2) is 53.6 Å². The molecule has 1 unspecified atom stereocenters. The Morgan fingerprint density at radius 2 is 1.74 bits per heavy atom. The quantitative estimate of drug-likeness (QED) is 0.188. The topological polar surface area (TPSA) is 166 Å². The minimum Gasteiger partial charge on any atom is -0.444 e. The monoisotopic (exact) mass is 660 g/mol. The van der Waals surface area contributed by atoms with Gasteiger partial charge >= 0.3 is 6.09 Å². The van der Waals surface area contributed by atoms with E-state index in [4.69, 9.17) is 9.88 Å². The van der Waals surface area contributed by atoms with Gasteiger partial charge in [0.2, 0.25) is 21.6 Å². The van der Waals surface area contributed by atoms with Gasteiger partial charge in [-0.15, -0.1) is 0 Å². The van der Waals surface area contributed by atoms with Gasteiger partial charge in [0.1, 0.15) is 12.4 Å². The Labute approximate surface area is 268 Å². The zero-order valence-electron chi connectivity index (χ0n) is 25.8. The third-order valence-electron chi connectivity index (χ3n) is 7.39. The van der Waals surface area contributed by atoms with Crippen LogP contribution in [0.5, 0.6) is 0 Å². The van der Waals surface area contributed by atoms with Crippen LogP contribution < -0.4 is 20.3 Å². The summed E-state index contributed by atoms with van der Waals surface area (Å²) in [6.07, 6.45) is 0.648. The zero-order chi connectivity index (χ0) is 33.2. The molecule has 0 bridgehead atoms. The number of ether oxygens (including phenoxy) is 1. The Hall–Kier alpha value is -4.91. The van der Waals surface area contributed by atoms with E-state index in [9.17, 15) is 18.0 Å². The lowest BCUT2D eigenvalue weighted by atomic mass is 10.2. The van der Waals surface area contributed by atoms with Crippen molar-refractivity contribution in [1.82, 2.24) is 19.7 Å². The summed E-state index contributed by atoms with van der Waals surface area (Å²) in [7, 11) is -0.289. The van der Waals surface area contributed by atoms with Crippen LogP contribution in [0.1, 0.15) is 16.8 Å². The number of nitrogens with one attached hydrogen (secondary N) is 1. The van der Waals surface area contributed by atoms with Gasteiger partial charge < -0.3 is 15.0 Å². The molecule has 0 saturated carbocycles. The predicted octanol–water partition coefficient (Wildman–Crippen LogP) is 5.71. The molecule has 0 fully saturated rings. The minimum absolute atomic E-state index is 0.0493. The molecule has 2 amide bonds. The lowest BCUT2D eigenvalue weighted by Crippen LogP contribution is -2.29. The molecule has 0 saturated heterocycles. The van der Waals surface area contributed by atoms with Crippen LogP contribution in [0.4, 0.5) is 38.4 Å². The number of rotatable bonds is 9. The normalized spacial score (nSPS) is 11.6. The van der Waals surface area contributed by atoms with E-state index in [-0.39, 0.29) is 37.4 Å². The first-order valence-electron chi connectivity index (χ1n) is 14.0. The number of hydrogen-bond acceptors (Lipinski definition) is 9. The summed E-state index contributed by atoms with van der Waals surface area (Å²) in [6.45, 7) is 5.27. The van der Waals surface area contributed by atoms with Crippen LogP contribution in [0.3, 0.4) is 0 Å². The van der Waals surface area contributed by atoms with Crippen LogP contribution in [0.15, 0.2) is 77.8 Å². The number of carbonyl (C=O) groups excluding carboxylic acids is 2. The summed E-state index contributed by atoms with van der Waals surface area (Å²) in [6, 6.07) is 18.8. The van der Waals surface area contributed by atoms with Gasteiger partial charge in [0, 0.05) is 42.7 Å². The largest absolute Gasteiger partial charge is 0.444 e. The second-order valence-corrected chi connectivity index (χ2v) is 13.0. The number of carbonyl (C=O) groups is 2. The van der Waals surface area contributed by atoms with Gasteiger partial charge in [-0.3, -0.25) is 9.48 Å². The molecule has 2 aromatic heterocycles. The summed E-state index contributed by atoms with van der Waals surface area (Å²) in [5, 5.41) is 13.9. The number of nitrogens with zero attached hydrogens (tertiary/aromatic N) is 6. The molecule has 0 aliphatic rings. The van der Waals surface area contributed by atoms with Crippen LogP contribution in [-0.2, 0) is 28.4 Å². The Morgan fingerprint density at radius 3 is 2.43 bits per heavy atom. The number of aryl methyl sites for hydroxylation is 3. The minimum atomic E-state index is -4.11. The molecule has 2 heterocycles. The zero-order valence-corrected chi connectivity index (χ0v) is 27.7. The SMILES string of the molecule is CPC(=O)Nc1ccc(COC(=O)N(c2ccc(C)c(S(N)(=O)=O)c2)c2nccc(N(C)c3ccc4c(C)n(C)nc4c3)n2)cc1. The maximum absolute atomic E-state index is 13.7. The Balaban J connectivity index is 1.48. The summed E-state index contributed by atoms with van der Waals surface area (Å²) in [5.41, 5.74) is 4.40. The second-order valence-electron chi connectivity index (χ2n) is 10.5. The number of amides is 2. The van der Waals surface area contributed by atoms with Crippen molar-refractivity contribution in [3.8, 4) is 0 Å². The highest BCUT2D eigenvalue weighted by Gasteiger charge is 2.26. The summed E-state index contributed by atoms with van der Waals surface area (Å²) in [5.74, 6) is 0.408. The van der Waals surface area contributed by atoms with Gasteiger partial charge in [-0.1, -0.05) is 18.2 Å². The maximum atomic E-state index is 13.7. The molecule has 0 aliphatic carbocycles. The van der Waals surface area contributed by atoms with E-state index in [1.165, 1.54) is 12.3 Å². The molecule has 238 valence electrons. The molecule has 46 heavy (non-hydrogen) atoms. The van der Waals surface area contributed by atoms with E-state index in [1.54, 1.807) is 56.1 Å². The van der Waals surface area contributed by atoms with Crippen LogP contribution in [0.2, 0.25) is 0 Å². The van der Waals surface area contributed by atoms with Gasteiger partial charge in [-0.2, -0.15) is 10.1 Å².